The minimum atomic E-state index is -4.28. The van der Waals surface area contributed by atoms with Crippen molar-refractivity contribution < 1.29 is 36.7 Å². The molecule has 6 nitrogen and oxygen atoms in total. The van der Waals surface area contributed by atoms with Crippen molar-refractivity contribution in [3.63, 3.8) is 0 Å². The van der Waals surface area contributed by atoms with Crippen LogP contribution in [0.15, 0.2) is 90.1 Å². The molecule has 262 valence electrons. The number of ether oxygens (including phenoxy) is 1. The SMILES string of the molecule is CC(=O)O/N=C(\c1ccc2c(c1)c1cc(C(=O)c3c(C)cc(C)cc3C)c3ccccc3c1n2CCOCC(F)(F)C(F)F)c1ccccc1C. The monoisotopic (exact) mass is 696 g/mol. The van der Waals surface area contributed by atoms with Gasteiger partial charge in [-0.1, -0.05) is 77.4 Å². The maximum Gasteiger partial charge on any atom is 0.332 e. The van der Waals surface area contributed by atoms with Gasteiger partial charge in [-0.05, 0) is 68.0 Å². The first-order chi connectivity index (χ1) is 24.3. The first-order valence-electron chi connectivity index (χ1n) is 16.4. The topological polar surface area (TPSA) is 69.9 Å². The van der Waals surface area contributed by atoms with Crippen LogP contribution in [0.25, 0.3) is 32.6 Å². The minimum Gasteiger partial charge on any atom is -0.373 e. The number of halogens is 4. The first kappa shape index (κ1) is 35.5. The van der Waals surface area contributed by atoms with Gasteiger partial charge in [-0.25, -0.2) is 13.6 Å². The molecule has 0 radical (unpaired) electrons. The summed E-state index contributed by atoms with van der Waals surface area (Å²) in [5.74, 6) is -5.01. The van der Waals surface area contributed by atoms with E-state index in [0.29, 0.717) is 49.6 Å². The molecule has 51 heavy (non-hydrogen) atoms. The van der Waals surface area contributed by atoms with Crippen LogP contribution in [0.5, 0.6) is 0 Å². The lowest BCUT2D eigenvalue weighted by atomic mass is 9.89. The smallest absolute Gasteiger partial charge is 0.332 e. The van der Waals surface area contributed by atoms with Gasteiger partial charge in [0.05, 0.1) is 12.1 Å². The Hall–Kier alpha value is -5.35. The summed E-state index contributed by atoms with van der Waals surface area (Å²) in [5.41, 5.74) is 7.91. The molecule has 0 amide bonds. The third-order valence-corrected chi connectivity index (χ3v) is 9.02. The van der Waals surface area contributed by atoms with E-state index in [-0.39, 0.29) is 18.9 Å². The molecule has 0 fully saturated rings. The van der Waals surface area contributed by atoms with Gasteiger partial charge in [-0.15, -0.1) is 0 Å². The zero-order chi connectivity index (χ0) is 36.6. The Bertz CT molecular complexity index is 2340. The molecule has 0 aliphatic carbocycles. The highest BCUT2D eigenvalue weighted by Gasteiger charge is 2.41. The number of carbonyl (C=O) groups excluding carboxylic acids is 2. The van der Waals surface area contributed by atoms with Crippen LogP contribution < -0.4 is 0 Å². The highest BCUT2D eigenvalue weighted by molar-refractivity contribution is 6.27. The lowest BCUT2D eigenvalue weighted by Crippen LogP contribution is -2.32. The molecule has 0 N–H and O–H groups in total. The van der Waals surface area contributed by atoms with Gasteiger partial charge in [0.2, 0.25) is 0 Å². The Morgan fingerprint density at radius 1 is 0.784 bits per heavy atom. The fraction of sp³-hybridized carbons (Fsp3) is 0.244. The van der Waals surface area contributed by atoms with Crippen molar-refractivity contribution in [3.05, 3.63) is 129 Å². The number of fused-ring (bicyclic) bond motifs is 5. The lowest BCUT2D eigenvalue weighted by molar-refractivity contribution is -0.166. The van der Waals surface area contributed by atoms with E-state index >= 15 is 0 Å². The second-order valence-electron chi connectivity index (χ2n) is 12.8. The van der Waals surface area contributed by atoms with Crippen molar-refractivity contribution in [2.45, 2.75) is 53.5 Å². The van der Waals surface area contributed by atoms with E-state index in [0.717, 1.165) is 33.2 Å². The highest BCUT2D eigenvalue weighted by atomic mass is 19.3. The molecule has 6 aromatic rings. The van der Waals surface area contributed by atoms with E-state index in [1.54, 1.807) is 0 Å². The van der Waals surface area contributed by atoms with E-state index in [9.17, 15) is 27.2 Å². The van der Waals surface area contributed by atoms with Crippen LogP contribution in [0.3, 0.4) is 0 Å². The number of aryl methyl sites for hydroxylation is 4. The van der Waals surface area contributed by atoms with Crippen LogP contribution in [-0.2, 0) is 20.9 Å². The summed E-state index contributed by atoms with van der Waals surface area (Å²) >= 11 is 0. The number of oxime groups is 1. The van der Waals surface area contributed by atoms with Gasteiger partial charge >= 0.3 is 18.3 Å². The zero-order valence-electron chi connectivity index (χ0n) is 28.8. The van der Waals surface area contributed by atoms with Gasteiger partial charge in [0.1, 0.15) is 12.3 Å². The van der Waals surface area contributed by atoms with Gasteiger partial charge in [-0.3, -0.25) is 4.79 Å². The van der Waals surface area contributed by atoms with E-state index in [4.69, 9.17) is 9.57 Å². The van der Waals surface area contributed by atoms with Gasteiger partial charge in [-0.2, -0.15) is 8.78 Å². The summed E-state index contributed by atoms with van der Waals surface area (Å²) in [6.07, 6.45) is -3.85. The lowest BCUT2D eigenvalue weighted by Gasteiger charge is -2.16. The summed E-state index contributed by atoms with van der Waals surface area (Å²) in [6.45, 7) is 7.35. The summed E-state index contributed by atoms with van der Waals surface area (Å²) < 4.78 is 60.1. The normalized spacial score (nSPS) is 12.4. The molecular formula is C41H36F4N2O4. The van der Waals surface area contributed by atoms with Crippen molar-refractivity contribution in [2.24, 2.45) is 5.16 Å². The molecule has 0 aliphatic rings. The fourth-order valence-electron chi connectivity index (χ4n) is 6.84. The number of benzene rings is 5. The van der Waals surface area contributed by atoms with Crippen LogP contribution in [0.4, 0.5) is 17.6 Å². The van der Waals surface area contributed by atoms with Crippen molar-refractivity contribution in [3.8, 4) is 0 Å². The van der Waals surface area contributed by atoms with Crippen molar-refractivity contribution in [1.29, 1.82) is 0 Å². The van der Waals surface area contributed by atoms with Crippen molar-refractivity contribution in [2.75, 3.05) is 13.2 Å². The third-order valence-electron chi connectivity index (χ3n) is 9.02. The molecule has 1 heterocycles. The molecule has 0 saturated heterocycles. The number of aromatic nitrogens is 1. The maximum absolute atomic E-state index is 14.5. The Balaban J connectivity index is 1.61. The number of ketones is 1. The summed E-state index contributed by atoms with van der Waals surface area (Å²) in [5, 5.41) is 7.08. The Labute approximate surface area is 292 Å². The highest BCUT2D eigenvalue weighted by Crippen LogP contribution is 2.38. The third kappa shape index (κ3) is 6.88. The van der Waals surface area contributed by atoms with Crippen molar-refractivity contribution in [1.82, 2.24) is 4.57 Å². The summed E-state index contributed by atoms with van der Waals surface area (Å²) in [7, 11) is 0. The number of rotatable bonds is 11. The quantitative estimate of drug-likeness (QED) is 0.0338. The van der Waals surface area contributed by atoms with Gasteiger partial charge in [0.25, 0.3) is 0 Å². The second kappa shape index (κ2) is 14.1. The predicted molar refractivity (Wildman–Crippen MR) is 191 cm³/mol. The number of nitrogens with zero attached hydrogens (tertiary/aromatic N) is 2. The summed E-state index contributed by atoms with van der Waals surface area (Å²) in [4.78, 5) is 31.5. The van der Waals surface area contributed by atoms with Crippen LogP contribution in [0.2, 0.25) is 0 Å². The molecule has 0 atom stereocenters. The predicted octanol–water partition coefficient (Wildman–Crippen LogP) is 9.64. The summed E-state index contributed by atoms with van der Waals surface area (Å²) in [6, 6.07) is 26.3. The molecule has 0 spiro atoms. The fourth-order valence-corrected chi connectivity index (χ4v) is 6.84. The second-order valence-corrected chi connectivity index (χ2v) is 12.8. The van der Waals surface area contributed by atoms with Gasteiger partial charge in [0, 0.05) is 57.4 Å². The van der Waals surface area contributed by atoms with E-state index < -0.39 is 24.9 Å². The largest absolute Gasteiger partial charge is 0.373 e. The number of hydrogen-bond donors (Lipinski definition) is 0. The molecule has 0 unspecified atom stereocenters. The molecule has 0 saturated carbocycles. The number of hydrogen-bond acceptors (Lipinski definition) is 5. The average Bonchev–Trinajstić information content (AvgIpc) is 3.39. The molecule has 0 aliphatic heterocycles. The number of alkyl halides is 4. The first-order valence-corrected chi connectivity index (χ1v) is 16.4. The van der Waals surface area contributed by atoms with Crippen LogP contribution in [-0.4, -0.2) is 47.6 Å². The Morgan fingerprint density at radius 3 is 2.12 bits per heavy atom. The maximum atomic E-state index is 14.5. The molecular weight excluding hydrogens is 660 g/mol. The zero-order valence-corrected chi connectivity index (χ0v) is 28.8. The standard InChI is InChI=1S/C41H36F4N2O4/c1-23-18-25(3)36(26(4)19-23)39(49)34-21-33-32-20-28(37(46-51-27(5)48)29-11-7-6-10-24(29)2)14-15-35(32)47(16-17-50-22-41(44,45)40(42)43)38(33)31-13-9-8-12-30(31)34/h6-15,18-21,40H,16-17,22H2,1-5H3/b46-37+. The Kier molecular flexibility index (Phi) is 9.81. The van der Waals surface area contributed by atoms with Crippen LogP contribution in [0.1, 0.15) is 56.2 Å². The molecule has 10 heteroatoms. The number of carbonyl (C=O) groups is 2. The van der Waals surface area contributed by atoms with Crippen LogP contribution >= 0.6 is 0 Å². The van der Waals surface area contributed by atoms with Gasteiger partial charge < -0.3 is 14.1 Å². The molecule has 1 aromatic heterocycles. The van der Waals surface area contributed by atoms with Gasteiger partial charge in [0.15, 0.2) is 5.78 Å². The van der Waals surface area contributed by atoms with Crippen molar-refractivity contribution >= 4 is 50.0 Å². The van der Waals surface area contributed by atoms with E-state index in [1.165, 1.54) is 6.92 Å². The molecule has 5 aromatic carbocycles. The average molecular weight is 697 g/mol. The van der Waals surface area contributed by atoms with Crippen LogP contribution in [0, 0.1) is 27.7 Å². The Morgan fingerprint density at radius 2 is 1.45 bits per heavy atom. The molecule has 6 rings (SSSR count). The van der Waals surface area contributed by atoms with E-state index in [2.05, 4.69) is 5.16 Å². The van der Waals surface area contributed by atoms with E-state index in [1.807, 2.05) is 117 Å². The molecule has 0 bridgehead atoms. The minimum absolute atomic E-state index is 0.0539.